The molecule has 7 nitrogen and oxygen atoms in total. The lowest BCUT2D eigenvalue weighted by molar-refractivity contribution is 0.0657. The first kappa shape index (κ1) is 21.7. The van der Waals surface area contributed by atoms with Crippen molar-refractivity contribution >= 4 is 35.8 Å². The number of carbonyl (C=O) groups is 1. The second-order valence-electron chi connectivity index (χ2n) is 6.43. The fourth-order valence-corrected chi connectivity index (χ4v) is 3.20. The van der Waals surface area contributed by atoms with E-state index in [1.807, 2.05) is 4.90 Å². The summed E-state index contributed by atoms with van der Waals surface area (Å²) in [5.74, 6) is 1.30. The predicted molar refractivity (Wildman–Crippen MR) is 116 cm³/mol. The van der Waals surface area contributed by atoms with E-state index < -0.39 is 0 Å². The van der Waals surface area contributed by atoms with Crippen molar-refractivity contribution in [2.75, 3.05) is 52.5 Å². The summed E-state index contributed by atoms with van der Waals surface area (Å²) < 4.78 is 10.6. The lowest BCUT2D eigenvalue weighted by Crippen LogP contribution is -2.53. The molecule has 8 heteroatoms. The molecule has 3 heterocycles. The Labute approximate surface area is 177 Å². The van der Waals surface area contributed by atoms with Gasteiger partial charge >= 0.3 is 0 Å². The zero-order valence-electron chi connectivity index (χ0n) is 15.9. The SMILES string of the molecule is CCNC(=NCCC1=CCOCC1)N1CCN(C(=O)c2ccco2)CC1.I. The molecule has 0 bridgehead atoms. The second-order valence-corrected chi connectivity index (χ2v) is 6.43. The Kier molecular flexibility index (Phi) is 9.12. The van der Waals surface area contributed by atoms with Gasteiger partial charge in [-0.15, -0.1) is 24.0 Å². The number of piperazine rings is 1. The summed E-state index contributed by atoms with van der Waals surface area (Å²) in [4.78, 5) is 21.2. The highest BCUT2D eigenvalue weighted by atomic mass is 127. The van der Waals surface area contributed by atoms with E-state index in [1.165, 1.54) is 11.8 Å². The first-order chi connectivity index (χ1) is 12.8. The quantitative estimate of drug-likeness (QED) is 0.298. The number of rotatable bonds is 5. The molecule has 0 aromatic carbocycles. The number of hydrogen-bond donors (Lipinski definition) is 1. The van der Waals surface area contributed by atoms with Crippen molar-refractivity contribution in [1.82, 2.24) is 15.1 Å². The lowest BCUT2D eigenvalue weighted by atomic mass is 10.1. The average Bonchev–Trinajstić information content (AvgIpc) is 3.23. The number of halogens is 1. The summed E-state index contributed by atoms with van der Waals surface area (Å²) in [6, 6.07) is 3.46. The first-order valence-electron chi connectivity index (χ1n) is 9.39. The van der Waals surface area contributed by atoms with Gasteiger partial charge in [0, 0.05) is 39.3 Å². The number of hydrogen-bond acceptors (Lipinski definition) is 4. The normalized spacial score (nSPS) is 18.0. The van der Waals surface area contributed by atoms with Crippen LogP contribution in [0, 0.1) is 0 Å². The van der Waals surface area contributed by atoms with Crippen molar-refractivity contribution in [1.29, 1.82) is 0 Å². The van der Waals surface area contributed by atoms with Crippen molar-refractivity contribution in [2.45, 2.75) is 19.8 Å². The monoisotopic (exact) mass is 488 g/mol. The fraction of sp³-hybridized carbons (Fsp3) is 0.579. The number of amides is 1. The fourth-order valence-electron chi connectivity index (χ4n) is 3.20. The van der Waals surface area contributed by atoms with Crippen LogP contribution in [0.4, 0.5) is 0 Å². The van der Waals surface area contributed by atoms with Crippen molar-refractivity contribution < 1.29 is 13.9 Å². The third-order valence-electron chi connectivity index (χ3n) is 4.69. The minimum Gasteiger partial charge on any atom is -0.459 e. The molecule has 0 aliphatic carbocycles. The summed E-state index contributed by atoms with van der Waals surface area (Å²) in [7, 11) is 0. The molecule has 3 rings (SSSR count). The van der Waals surface area contributed by atoms with Crippen LogP contribution in [-0.2, 0) is 4.74 Å². The minimum absolute atomic E-state index is 0. The molecule has 2 aliphatic heterocycles. The van der Waals surface area contributed by atoms with Crippen LogP contribution in [0.5, 0.6) is 0 Å². The molecule has 150 valence electrons. The van der Waals surface area contributed by atoms with Gasteiger partial charge in [0.1, 0.15) is 0 Å². The Morgan fingerprint density at radius 3 is 2.67 bits per heavy atom. The smallest absolute Gasteiger partial charge is 0.289 e. The van der Waals surface area contributed by atoms with Gasteiger partial charge in [0.15, 0.2) is 11.7 Å². The Bertz CT molecular complexity index is 637. The summed E-state index contributed by atoms with van der Waals surface area (Å²) in [5, 5.41) is 3.37. The third kappa shape index (κ3) is 6.24. The molecule has 2 aliphatic rings. The minimum atomic E-state index is -0.0388. The van der Waals surface area contributed by atoms with Gasteiger partial charge in [-0.2, -0.15) is 0 Å². The molecule has 1 saturated heterocycles. The highest BCUT2D eigenvalue weighted by Gasteiger charge is 2.25. The van der Waals surface area contributed by atoms with Gasteiger partial charge in [0.05, 0.1) is 19.5 Å². The van der Waals surface area contributed by atoms with E-state index in [1.54, 1.807) is 12.1 Å². The first-order valence-corrected chi connectivity index (χ1v) is 9.39. The largest absolute Gasteiger partial charge is 0.459 e. The third-order valence-corrected chi connectivity index (χ3v) is 4.69. The molecule has 27 heavy (non-hydrogen) atoms. The van der Waals surface area contributed by atoms with Gasteiger partial charge in [-0.05, 0) is 31.9 Å². The number of nitrogens with zero attached hydrogens (tertiary/aromatic N) is 3. The maximum absolute atomic E-state index is 12.4. The lowest BCUT2D eigenvalue weighted by Gasteiger charge is -2.36. The van der Waals surface area contributed by atoms with Crippen LogP contribution in [0.25, 0.3) is 0 Å². The maximum Gasteiger partial charge on any atom is 0.289 e. The Morgan fingerprint density at radius 2 is 2.04 bits per heavy atom. The Balaban J connectivity index is 0.00000261. The van der Waals surface area contributed by atoms with E-state index in [4.69, 9.17) is 14.1 Å². The summed E-state index contributed by atoms with van der Waals surface area (Å²) >= 11 is 0. The van der Waals surface area contributed by atoms with Gasteiger partial charge in [0.25, 0.3) is 5.91 Å². The van der Waals surface area contributed by atoms with Gasteiger partial charge < -0.3 is 24.3 Å². The van der Waals surface area contributed by atoms with Crippen LogP contribution in [-0.4, -0.2) is 74.1 Å². The number of aliphatic imine (C=N–C) groups is 1. The van der Waals surface area contributed by atoms with Crippen molar-refractivity contribution in [3.8, 4) is 0 Å². The van der Waals surface area contributed by atoms with Crippen LogP contribution in [0.2, 0.25) is 0 Å². The average molecular weight is 488 g/mol. The summed E-state index contributed by atoms with van der Waals surface area (Å²) in [5.41, 5.74) is 1.43. The van der Waals surface area contributed by atoms with E-state index in [2.05, 4.69) is 23.2 Å². The van der Waals surface area contributed by atoms with E-state index in [0.29, 0.717) is 18.8 Å². The second kappa shape index (κ2) is 11.3. The van der Waals surface area contributed by atoms with Gasteiger partial charge in [-0.3, -0.25) is 9.79 Å². The molecule has 0 spiro atoms. The summed E-state index contributed by atoms with van der Waals surface area (Å²) in [6.45, 7) is 8.13. The topological polar surface area (TPSA) is 70.3 Å². The van der Waals surface area contributed by atoms with Crippen LogP contribution in [0.3, 0.4) is 0 Å². The van der Waals surface area contributed by atoms with Crippen LogP contribution in [0.1, 0.15) is 30.3 Å². The Hall–Kier alpha value is -1.55. The van der Waals surface area contributed by atoms with E-state index in [9.17, 15) is 4.79 Å². The number of ether oxygens (including phenoxy) is 1. The molecule has 1 N–H and O–H groups in total. The van der Waals surface area contributed by atoms with Crippen molar-refractivity contribution in [3.63, 3.8) is 0 Å². The number of guanidine groups is 1. The molecule has 1 amide bonds. The molecule has 0 saturated carbocycles. The van der Waals surface area contributed by atoms with Gasteiger partial charge in [0.2, 0.25) is 0 Å². The maximum atomic E-state index is 12.4. The van der Waals surface area contributed by atoms with E-state index in [0.717, 1.165) is 58.2 Å². The van der Waals surface area contributed by atoms with Crippen LogP contribution >= 0.6 is 24.0 Å². The van der Waals surface area contributed by atoms with Gasteiger partial charge in [-0.25, -0.2) is 0 Å². The highest BCUT2D eigenvalue weighted by Crippen LogP contribution is 2.12. The van der Waals surface area contributed by atoms with Crippen molar-refractivity contribution in [3.05, 3.63) is 35.8 Å². The van der Waals surface area contributed by atoms with E-state index >= 15 is 0 Å². The zero-order valence-corrected chi connectivity index (χ0v) is 18.2. The number of nitrogens with one attached hydrogen (secondary N) is 1. The molecule has 0 unspecified atom stereocenters. The van der Waals surface area contributed by atoms with Crippen LogP contribution < -0.4 is 5.32 Å². The number of furan rings is 1. The molecular formula is C19H29IN4O3. The molecular weight excluding hydrogens is 459 g/mol. The van der Waals surface area contributed by atoms with Gasteiger partial charge in [-0.1, -0.05) is 11.6 Å². The molecule has 1 aromatic rings. The highest BCUT2D eigenvalue weighted by molar-refractivity contribution is 14.0. The molecule has 1 fully saturated rings. The summed E-state index contributed by atoms with van der Waals surface area (Å²) in [6.07, 6.45) is 5.70. The van der Waals surface area contributed by atoms with E-state index in [-0.39, 0.29) is 29.9 Å². The predicted octanol–water partition coefficient (Wildman–Crippen LogP) is 2.36. The van der Waals surface area contributed by atoms with Crippen LogP contribution in [0.15, 0.2) is 39.5 Å². The standard InChI is InChI=1S/C19H28N4O3.HI/c1-2-20-19(21-8-5-16-6-14-25-15-7-16)23-11-9-22(10-12-23)18(24)17-4-3-13-26-17;/h3-4,6,13H,2,5,7-12,14-15H2,1H3,(H,20,21);1H. The zero-order chi connectivity index (χ0) is 18.2. The molecule has 0 atom stereocenters. The Morgan fingerprint density at radius 1 is 1.26 bits per heavy atom. The number of carbonyl (C=O) groups excluding carboxylic acids is 1. The van der Waals surface area contributed by atoms with Crippen molar-refractivity contribution in [2.24, 2.45) is 4.99 Å². The molecule has 0 radical (unpaired) electrons. The molecule has 1 aromatic heterocycles.